The maximum Gasteiger partial charge on any atom is 0.220 e. The predicted molar refractivity (Wildman–Crippen MR) is 97.7 cm³/mol. The van der Waals surface area contributed by atoms with Crippen molar-refractivity contribution in [2.75, 3.05) is 25.5 Å². The first-order valence-electron chi connectivity index (χ1n) is 8.25. The molecule has 0 radical (unpaired) electrons. The molecule has 0 aromatic heterocycles. The lowest BCUT2D eigenvalue weighted by Gasteiger charge is -2.10. The molecule has 0 atom stereocenters. The minimum Gasteiger partial charge on any atom is -0.495 e. The number of hydrogen-bond donors (Lipinski definition) is 3. The third-order valence-corrected chi connectivity index (χ3v) is 4.38. The lowest BCUT2D eigenvalue weighted by atomic mass is 10.0. The zero-order chi connectivity index (χ0) is 17.4. The van der Waals surface area contributed by atoms with Crippen LogP contribution in [0.25, 0.3) is 0 Å². The Hall–Kier alpha value is -1.95. The number of nitrogens with zero attached hydrogens (tertiary/aromatic N) is 1. The molecule has 1 aliphatic rings. The summed E-state index contributed by atoms with van der Waals surface area (Å²) in [6.07, 6.45) is 5.47. The summed E-state index contributed by atoms with van der Waals surface area (Å²) in [6, 6.07) is 5.27. The summed E-state index contributed by atoms with van der Waals surface area (Å²) in [7, 11) is 1.56. The number of benzene rings is 1. The van der Waals surface area contributed by atoms with Crippen LogP contribution in [0.3, 0.4) is 0 Å². The fourth-order valence-corrected chi connectivity index (χ4v) is 3.11. The molecule has 7 heteroatoms. The van der Waals surface area contributed by atoms with E-state index in [1.165, 1.54) is 25.7 Å². The number of halogens is 1. The molecule has 0 saturated heterocycles. The fourth-order valence-electron chi connectivity index (χ4n) is 2.85. The summed E-state index contributed by atoms with van der Waals surface area (Å²) in [5.74, 6) is 1.54. The van der Waals surface area contributed by atoms with Crippen molar-refractivity contribution in [3.05, 3.63) is 23.2 Å². The highest BCUT2D eigenvalue weighted by molar-refractivity contribution is 6.32. The highest BCUT2D eigenvalue weighted by Crippen LogP contribution is 2.27. The van der Waals surface area contributed by atoms with E-state index >= 15 is 0 Å². The topological polar surface area (TPSA) is 88.7 Å². The number of nitrogens with two attached hydrogens (primary N) is 1. The Balaban J connectivity index is 1.69. The molecule has 2 rings (SSSR count). The number of aliphatic imine (C=N–C) groups is 1. The summed E-state index contributed by atoms with van der Waals surface area (Å²) in [4.78, 5) is 16.0. The van der Waals surface area contributed by atoms with E-state index in [1.807, 2.05) is 0 Å². The van der Waals surface area contributed by atoms with Crippen LogP contribution in [0.5, 0.6) is 5.75 Å². The quantitative estimate of drug-likeness (QED) is 0.400. The van der Waals surface area contributed by atoms with Gasteiger partial charge in [0, 0.05) is 18.7 Å². The lowest BCUT2D eigenvalue weighted by Crippen LogP contribution is -2.29. The Morgan fingerprint density at radius 2 is 2.17 bits per heavy atom. The number of carbonyl (C=O) groups is 1. The van der Waals surface area contributed by atoms with Crippen molar-refractivity contribution in [2.45, 2.75) is 32.1 Å². The minimum absolute atomic E-state index is 0.102. The van der Waals surface area contributed by atoms with Gasteiger partial charge in [0.05, 0.1) is 18.7 Å². The molecule has 132 valence electrons. The van der Waals surface area contributed by atoms with Gasteiger partial charge in [-0.15, -0.1) is 0 Å². The molecule has 0 heterocycles. The van der Waals surface area contributed by atoms with Gasteiger partial charge in [-0.25, -0.2) is 0 Å². The first-order valence-corrected chi connectivity index (χ1v) is 8.63. The molecule has 0 spiro atoms. The van der Waals surface area contributed by atoms with E-state index in [0.717, 1.165) is 5.69 Å². The van der Waals surface area contributed by atoms with Crippen molar-refractivity contribution in [1.29, 1.82) is 0 Å². The van der Waals surface area contributed by atoms with Gasteiger partial charge in [0.2, 0.25) is 5.91 Å². The number of anilines is 1. The Morgan fingerprint density at radius 1 is 1.42 bits per heavy atom. The van der Waals surface area contributed by atoms with Gasteiger partial charge in [-0.3, -0.25) is 9.79 Å². The molecule has 24 heavy (non-hydrogen) atoms. The zero-order valence-electron chi connectivity index (χ0n) is 14.0. The first-order chi connectivity index (χ1) is 11.6. The highest BCUT2D eigenvalue weighted by Gasteiger charge is 2.17. The smallest absolute Gasteiger partial charge is 0.220 e. The molecule has 1 amide bonds. The Kier molecular flexibility index (Phi) is 7.18. The third kappa shape index (κ3) is 5.92. The molecule has 1 aromatic carbocycles. The number of hydrogen-bond acceptors (Lipinski definition) is 3. The van der Waals surface area contributed by atoms with Crippen LogP contribution in [0.2, 0.25) is 5.02 Å². The van der Waals surface area contributed by atoms with Gasteiger partial charge in [-0.1, -0.05) is 24.4 Å². The van der Waals surface area contributed by atoms with Crippen molar-refractivity contribution < 1.29 is 9.53 Å². The summed E-state index contributed by atoms with van der Waals surface area (Å²) < 4.78 is 5.09. The fraction of sp³-hybridized carbons (Fsp3) is 0.529. The van der Waals surface area contributed by atoms with E-state index in [2.05, 4.69) is 15.6 Å². The summed E-state index contributed by atoms with van der Waals surface area (Å²) in [6.45, 7) is 0.913. The van der Waals surface area contributed by atoms with Crippen LogP contribution in [-0.2, 0) is 4.79 Å². The van der Waals surface area contributed by atoms with Crippen LogP contribution < -0.4 is 21.1 Å². The van der Waals surface area contributed by atoms with Gasteiger partial charge < -0.3 is 21.1 Å². The number of methoxy groups -OCH3 is 1. The van der Waals surface area contributed by atoms with Gasteiger partial charge in [-0.05, 0) is 37.0 Å². The van der Waals surface area contributed by atoms with Gasteiger partial charge in [-0.2, -0.15) is 0 Å². The zero-order valence-corrected chi connectivity index (χ0v) is 14.7. The second-order valence-electron chi connectivity index (χ2n) is 5.95. The first kappa shape index (κ1) is 18.4. The van der Waals surface area contributed by atoms with Crippen LogP contribution in [-0.4, -0.2) is 32.1 Å². The largest absolute Gasteiger partial charge is 0.495 e. The normalized spacial score (nSPS) is 15.3. The molecule has 6 nitrogen and oxygen atoms in total. The number of guanidine groups is 1. The number of ether oxygens (including phenoxy) is 1. The third-order valence-electron chi connectivity index (χ3n) is 4.09. The van der Waals surface area contributed by atoms with Gasteiger partial charge >= 0.3 is 0 Å². The van der Waals surface area contributed by atoms with Crippen molar-refractivity contribution in [3.63, 3.8) is 0 Å². The molecule has 1 aromatic rings. The van der Waals surface area contributed by atoms with Gasteiger partial charge in [0.25, 0.3) is 0 Å². The SMILES string of the molecule is COc1ccc(NC(N)=NCCNC(=O)CC2CCCC2)cc1Cl. The van der Waals surface area contributed by atoms with Crippen LogP contribution in [0.4, 0.5) is 5.69 Å². The van der Waals surface area contributed by atoms with Crippen molar-refractivity contribution in [3.8, 4) is 5.75 Å². The van der Waals surface area contributed by atoms with Gasteiger partial charge in [0.1, 0.15) is 5.75 Å². The van der Waals surface area contributed by atoms with E-state index in [-0.39, 0.29) is 11.9 Å². The summed E-state index contributed by atoms with van der Waals surface area (Å²) >= 11 is 6.05. The Labute approximate surface area is 147 Å². The molecule has 0 aliphatic heterocycles. The van der Waals surface area contributed by atoms with E-state index in [1.54, 1.807) is 25.3 Å². The number of carbonyl (C=O) groups excluding carboxylic acids is 1. The van der Waals surface area contributed by atoms with Crippen LogP contribution in [0, 0.1) is 5.92 Å². The van der Waals surface area contributed by atoms with E-state index in [4.69, 9.17) is 22.1 Å². The highest BCUT2D eigenvalue weighted by atomic mass is 35.5. The molecule has 1 aliphatic carbocycles. The summed E-state index contributed by atoms with van der Waals surface area (Å²) in [5.41, 5.74) is 6.56. The minimum atomic E-state index is 0.102. The number of rotatable bonds is 7. The van der Waals surface area contributed by atoms with E-state index < -0.39 is 0 Å². The molecular formula is C17H25ClN4O2. The Morgan fingerprint density at radius 3 is 2.83 bits per heavy atom. The molecule has 1 fully saturated rings. The maximum atomic E-state index is 11.8. The van der Waals surface area contributed by atoms with Crippen molar-refractivity contribution in [2.24, 2.45) is 16.6 Å². The number of amides is 1. The van der Waals surface area contributed by atoms with Crippen molar-refractivity contribution in [1.82, 2.24) is 5.32 Å². The number of nitrogens with one attached hydrogen (secondary N) is 2. The second kappa shape index (κ2) is 9.37. The van der Waals surface area contributed by atoms with Crippen LogP contribution in [0.15, 0.2) is 23.2 Å². The Bertz CT molecular complexity index is 586. The molecule has 0 unspecified atom stereocenters. The van der Waals surface area contributed by atoms with Gasteiger partial charge in [0.15, 0.2) is 5.96 Å². The van der Waals surface area contributed by atoms with E-state index in [0.29, 0.717) is 36.2 Å². The van der Waals surface area contributed by atoms with Crippen LogP contribution >= 0.6 is 11.6 Å². The monoisotopic (exact) mass is 352 g/mol. The predicted octanol–water partition coefficient (Wildman–Crippen LogP) is 2.77. The average Bonchev–Trinajstić information content (AvgIpc) is 3.04. The molecule has 1 saturated carbocycles. The molecule has 0 bridgehead atoms. The standard InChI is InChI=1S/C17H25ClN4O2/c1-24-15-7-6-13(11-14(15)18)22-17(19)21-9-8-20-16(23)10-12-4-2-3-5-12/h6-7,11-12H,2-5,8-10H2,1H3,(H,20,23)(H3,19,21,22). The van der Waals surface area contributed by atoms with E-state index in [9.17, 15) is 4.79 Å². The van der Waals surface area contributed by atoms with Crippen molar-refractivity contribution >= 4 is 29.2 Å². The maximum absolute atomic E-state index is 11.8. The van der Waals surface area contributed by atoms with Crippen LogP contribution in [0.1, 0.15) is 32.1 Å². The second-order valence-corrected chi connectivity index (χ2v) is 6.35. The molecule has 4 N–H and O–H groups in total. The summed E-state index contributed by atoms with van der Waals surface area (Å²) in [5, 5.41) is 6.34. The molecular weight excluding hydrogens is 328 g/mol. The average molecular weight is 353 g/mol. The lowest BCUT2D eigenvalue weighted by molar-refractivity contribution is -0.121.